The summed E-state index contributed by atoms with van der Waals surface area (Å²) in [6.45, 7) is 9.57. The van der Waals surface area contributed by atoms with Crippen molar-refractivity contribution in [3.8, 4) is 0 Å². The fourth-order valence-electron chi connectivity index (χ4n) is 4.92. The highest BCUT2D eigenvalue weighted by molar-refractivity contribution is 5.76. The molecule has 0 aromatic heterocycles. The Kier molecular flexibility index (Phi) is 9.70. The molecule has 33 heavy (non-hydrogen) atoms. The second-order valence-electron chi connectivity index (χ2n) is 10.6. The first-order chi connectivity index (χ1) is 15.4. The molecule has 0 amide bonds. The number of carbonyl (C=O) groups excluding carboxylic acids is 1. The first-order valence-corrected chi connectivity index (χ1v) is 12.2. The van der Waals surface area contributed by atoms with Crippen molar-refractivity contribution < 1.29 is 34.8 Å². The number of carboxylic acids is 1. The minimum atomic E-state index is -1.09. The van der Waals surface area contributed by atoms with Gasteiger partial charge in [0.25, 0.3) is 0 Å². The lowest BCUT2D eigenvalue weighted by Gasteiger charge is -2.44. The summed E-state index contributed by atoms with van der Waals surface area (Å²) in [5, 5.41) is 39.3. The summed E-state index contributed by atoms with van der Waals surface area (Å²) in [6.07, 6.45) is 5.39. The van der Waals surface area contributed by atoms with Gasteiger partial charge in [-0.05, 0) is 70.3 Å². The highest BCUT2D eigenvalue weighted by Gasteiger charge is 2.44. The average Bonchev–Trinajstić information content (AvgIpc) is 2.72. The summed E-state index contributed by atoms with van der Waals surface area (Å²) in [5.74, 6) is -1.15. The lowest BCUT2D eigenvalue weighted by atomic mass is 9.64. The van der Waals surface area contributed by atoms with Crippen molar-refractivity contribution in [3.05, 3.63) is 23.8 Å². The van der Waals surface area contributed by atoms with Crippen LogP contribution in [0.2, 0.25) is 0 Å². The largest absolute Gasteiger partial charge is 0.481 e. The van der Waals surface area contributed by atoms with Crippen LogP contribution in [0.15, 0.2) is 23.8 Å². The van der Waals surface area contributed by atoms with E-state index in [0.717, 1.165) is 5.57 Å². The van der Waals surface area contributed by atoms with Crippen LogP contribution >= 0.6 is 0 Å². The molecule has 0 aliphatic heterocycles. The Morgan fingerprint density at radius 2 is 1.88 bits per heavy atom. The zero-order valence-corrected chi connectivity index (χ0v) is 20.6. The molecule has 0 saturated carbocycles. The van der Waals surface area contributed by atoms with Gasteiger partial charge in [-0.15, -0.1) is 0 Å². The van der Waals surface area contributed by atoms with Crippen LogP contribution in [-0.2, 0) is 14.3 Å². The molecule has 0 spiro atoms. The van der Waals surface area contributed by atoms with Crippen molar-refractivity contribution in [3.63, 3.8) is 0 Å². The van der Waals surface area contributed by atoms with Crippen LogP contribution in [0, 0.1) is 29.1 Å². The maximum atomic E-state index is 12.9. The lowest BCUT2D eigenvalue weighted by molar-refractivity contribution is -0.165. The molecule has 0 fully saturated rings. The Balaban J connectivity index is 2.21. The van der Waals surface area contributed by atoms with E-state index >= 15 is 0 Å². The predicted octanol–water partition coefficient (Wildman–Crippen LogP) is 3.47. The zero-order valence-electron chi connectivity index (χ0n) is 20.6. The molecule has 0 heterocycles. The Labute approximate surface area is 197 Å². The van der Waals surface area contributed by atoms with Gasteiger partial charge in [0.05, 0.1) is 30.1 Å². The molecule has 0 aromatic carbocycles. The van der Waals surface area contributed by atoms with E-state index in [-0.39, 0.29) is 48.6 Å². The third-order valence-corrected chi connectivity index (χ3v) is 7.53. The van der Waals surface area contributed by atoms with Crippen LogP contribution in [0.3, 0.4) is 0 Å². The highest BCUT2D eigenvalue weighted by atomic mass is 16.5. The van der Waals surface area contributed by atoms with Crippen LogP contribution < -0.4 is 0 Å². The van der Waals surface area contributed by atoms with E-state index in [1.807, 2.05) is 20.8 Å². The second-order valence-corrected chi connectivity index (χ2v) is 10.6. The number of fused-ring (bicyclic) bond motifs is 1. The van der Waals surface area contributed by atoms with E-state index in [0.29, 0.717) is 25.7 Å². The molecule has 4 N–H and O–H groups in total. The van der Waals surface area contributed by atoms with E-state index in [4.69, 9.17) is 9.84 Å². The van der Waals surface area contributed by atoms with Crippen molar-refractivity contribution in [2.75, 3.05) is 0 Å². The maximum absolute atomic E-state index is 12.9. The number of hydrogen-bond acceptors (Lipinski definition) is 6. The first kappa shape index (κ1) is 27.5. The molecule has 7 heteroatoms. The van der Waals surface area contributed by atoms with Crippen molar-refractivity contribution in [1.82, 2.24) is 0 Å². The minimum absolute atomic E-state index is 0.0177. The van der Waals surface area contributed by atoms with Crippen molar-refractivity contribution in [1.29, 1.82) is 0 Å². The van der Waals surface area contributed by atoms with Gasteiger partial charge in [-0.2, -0.15) is 0 Å². The van der Waals surface area contributed by atoms with Crippen LogP contribution in [0.1, 0.15) is 73.1 Å². The standard InChI is InChI=1S/C26H42O7/c1-6-26(4,5)25(32)33-22-12-18(16(3)27)11-17-8-7-15(2)21(24(17)22)10-9-19(28)13-20(29)14-23(30)31/h7-8,11,15-16,18-22,24,27-29H,6,9-10,12-14H2,1-5H3,(H,30,31)/t15-,16?,18+,19+,20+,21-,22-,24-/m0/s1. The van der Waals surface area contributed by atoms with Crippen LogP contribution in [0.4, 0.5) is 0 Å². The van der Waals surface area contributed by atoms with Gasteiger partial charge in [0.1, 0.15) is 6.10 Å². The molecule has 2 aliphatic rings. The number of ether oxygens (including phenoxy) is 1. The van der Waals surface area contributed by atoms with E-state index in [2.05, 4.69) is 25.2 Å². The molecule has 0 bridgehead atoms. The van der Waals surface area contributed by atoms with Gasteiger partial charge < -0.3 is 25.2 Å². The zero-order chi connectivity index (χ0) is 24.9. The van der Waals surface area contributed by atoms with Crippen molar-refractivity contribution in [2.24, 2.45) is 29.1 Å². The molecule has 2 rings (SSSR count). The molecule has 0 radical (unpaired) electrons. The van der Waals surface area contributed by atoms with E-state index in [1.165, 1.54) is 0 Å². The van der Waals surface area contributed by atoms with Gasteiger partial charge in [-0.3, -0.25) is 9.59 Å². The fourth-order valence-corrected chi connectivity index (χ4v) is 4.92. The third kappa shape index (κ3) is 7.39. The Bertz CT molecular complexity index is 739. The van der Waals surface area contributed by atoms with Crippen LogP contribution in [0.25, 0.3) is 0 Å². The molecule has 8 atom stereocenters. The minimum Gasteiger partial charge on any atom is -0.481 e. The van der Waals surface area contributed by atoms with E-state index in [9.17, 15) is 24.9 Å². The van der Waals surface area contributed by atoms with Crippen LogP contribution in [-0.4, -0.2) is 56.8 Å². The molecular formula is C26H42O7. The molecule has 7 nitrogen and oxygen atoms in total. The molecule has 2 aliphatic carbocycles. The van der Waals surface area contributed by atoms with Crippen LogP contribution in [0.5, 0.6) is 0 Å². The normalized spacial score (nSPS) is 30.1. The molecular weight excluding hydrogens is 424 g/mol. The number of rotatable bonds is 11. The van der Waals surface area contributed by atoms with Gasteiger partial charge in [0.2, 0.25) is 0 Å². The second kappa shape index (κ2) is 11.6. The number of aliphatic hydroxyl groups excluding tert-OH is 3. The summed E-state index contributed by atoms with van der Waals surface area (Å²) in [6, 6.07) is 0. The third-order valence-electron chi connectivity index (χ3n) is 7.53. The number of hydrogen-bond donors (Lipinski definition) is 4. The number of carbonyl (C=O) groups is 2. The quantitative estimate of drug-likeness (QED) is 0.344. The Morgan fingerprint density at radius 3 is 2.45 bits per heavy atom. The monoisotopic (exact) mass is 466 g/mol. The number of carboxylic acid groups (broad SMARTS) is 1. The smallest absolute Gasteiger partial charge is 0.311 e. The van der Waals surface area contributed by atoms with E-state index in [1.54, 1.807) is 6.92 Å². The SMILES string of the molecule is CCC(C)(C)C(=O)O[C@H]1C[C@H](C(C)O)C=C2C=C[C@H](C)[C@H](CC[C@@H](O)C[C@@H](O)CC(=O)O)[C@H]21. The summed E-state index contributed by atoms with van der Waals surface area (Å²) in [5.41, 5.74) is 0.465. The molecule has 1 unspecified atom stereocenters. The summed E-state index contributed by atoms with van der Waals surface area (Å²) < 4.78 is 6.10. The first-order valence-electron chi connectivity index (χ1n) is 12.2. The number of aliphatic carboxylic acids is 1. The average molecular weight is 467 g/mol. The Morgan fingerprint density at radius 1 is 1.21 bits per heavy atom. The molecule has 0 saturated heterocycles. The number of aliphatic hydroxyl groups is 3. The highest BCUT2D eigenvalue weighted by Crippen LogP contribution is 2.46. The number of esters is 1. The number of allylic oxidation sites excluding steroid dienone is 2. The predicted molar refractivity (Wildman–Crippen MR) is 125 cm³/mol. The van der Waals surface area contributed by atoms with Gasteiger partial charge in [0, 0.05) is 11.8 Å². The van der Waals surface area contributed by atoms with Gasteiger partial charge in [-0.1, -0.05) is 32.1 Å². The summed E-state index contributed by atoms with van der Waals surface area (Å²) in [4.78, 5) is 23.7. The molecule has 0 aromatic rings. The maximum Gasteiger partial charge on any atom is 0.311 e. The lowest BCUT2D eigenvalue weighted by Crippen LogP contribution is -2.44. The van der Waals surface area contributed by atoms with E-state index < -0.39 is 29.7 Å². The summed E-state index contributed by atoms with van der Waals surface area (Å²) >= 11 is 0. The fraction of sp³-hybridized carbons (Fsp3) is 0.769. The summed E-state index contributed by atoms with van der Waals surface area (Å²) in [7, 11) is 0. The van der Waals surface area contributed by atoms with Gasteiger partial charge in [0.15, 0.2) is 0 Å². The topological polar surface area (TPSA) is 124 Å². The van der Waals surface area contributed by atoms with Gasteiger partial charge in [-0.25, -0.2) is 0 Å². The van der Waals surface area contributed by atoms with Gasteiger partial charge >= 0.3 is 11.9 Å². The van der Waals surface area contributed by atoms with Crippen molar-refractivity contribution in [2.45, 2.75) is 97.6 Å². The molecule has 188 valence electrons. The van der Waals surface area contributed by atoms with Crippen molar-refractivity contribution >= 4 is 11.9 Å². The Hall–Kier alpha value is -1.70.